The van der Waals surface area contributed by atoms with E-state index in [0.29, 0.717) is 22.5 Å². The first-order chi connectivity index (χ1) is 13.2. The van der Waals surface area contributed by atoms with E-state index >= 15 is 0 Å². The summed E-state index contributed by atoms with van der Waals surface area (Å²) in [6, 6.07) is 17.8. The second kappa shape index (κ2) is 7.21. The minimum Gasteiger partial charge on any atom is -0.454 e. The van der Waals surface area contributed by atoms with Gasteiger partial charge in [-0.1, -0.05) is 30.3 Å². The topological polar surface area (TPSA) is 84.9 Å². The number of benzene rings is 2. The minimum atomic E-state index is -0.575. The summed E-state index contributed by atoms with van der Waals surface area (Å²) in [5.41, 5.74) is 3.10. The molecule has 0 unspecified atom stereocenters. The Morgan fingerprint density at radius 3 is 2.48 bits per heavy atom. The van der Waals surface area contributed by atoms with E-state index in [2.05, 4.69) is 15.0 Å². The molecule has 0 radical (unpaired) electrons. The number of fused-ring (bicyclic) bond motifs is 1. The van der Waals surface area contributed by atoms with E-state index < -0.39 is 5.97 Å². The fourth-order valence-corrected chi connectivity index (χ4v) is 2.78. The summed E-state index contributed by atoms with van der Waals surface area (Å²) in [5, 5.41) is 0. The van der Waals surface area contributed by atoms with Crippen molar-refractivity contribution in [2.24, 2.45) is 0 Å². The molecule has 1 N–H and O–H groups in total. The Balaban J connectivity index is 1.57. The van der Waals surface area contributed by atoms with Gasteiger partial charge in [-0.25, -0.2) is 9.78 Å². The summed E-state index contributed by atoms with van der Waals surface area (Å²) < 4.78 is 5.23. The number of ether oxygens (including phenoxy) is 1. The highest BCUT2D eigenvalue weighted by molar-refractivity contribution is 6.01. The van der Waals surface area contributed by atoms with E-state index in [9.17, 15) is 9.59 Å². The predicted octanol–water partition coefficient (Wildman–Crippen LogP) is 3.66. The number of aromatic nitrogens is 3. The van der Waals surface area contributed by atoms with Gasteiger partial charge < -0.3 is 9.72 Å². The van der Waals surface area contributed by atoms with Gasteiger partial charge in [0.2, 0.25) is 0 Å². The van der Waals surface area contributed by atoms with E-state index in [1.165, 1.54) is 12.4 Å². The van der Waals surface area contributed by atoms with E-state index in [1.807, 2.05) is 30.3 Å². The van der Waals surface area contributed by atoms with Crippen LogP contribution in [0.15, 0.2) is 73.1 Å². The van der Waals surface area contributed by atoms with Crippen molar-refractivity contribution in [3.63, 3.8) is 0 Å². The number of Topliss-reactive ketones (excluding diaryl/α,β-unsaturated/α-hetero) is 1. The second-order valence-electron chi connectivity index (χ2n) is 5.88. The van der Waals surface area contributed by atoms with Gasteiger partial charge in [-0.15, -0.1) is 0 Å². The molecule has 0 saturated heterocycles. The Morgan fingerprint density at radius 2 is 1.67 bits per heavy atom. The fraction of sp³-hybridized carbons (Fsp3) is 0.0476. The third kappa shape index (κ3) is 3.46. The third-order valence-corrected chi connectivity index (χ3v) is 4.13. The first-order valence-electron chi connectivity index (χ1n) is 8.37. The SMILES string of the molecule is O=C(COC(=O)c1ccccc1-c1nc2ccccc2[nH]1)c1ccncc1. The van der Waals surface area contributed by atoms with Crippen LogP contribution in [0.3, 0.4) is 0 Å². The summed E-state index contributed by atoms with van der Waals surface area (Å²) in [4.78, 5) is 36.3. The van der Waals surface area contributed by atoms with Crippen LogP contribution in [0.4, 0.5) is 0 Å². The molecule has 132 valence electrons. The third-order valence-electron chi connectivity index (χ3n) is 4.13. The molecule has 0 aliphatic heterocycles. The van der Waals surface area contributed by atoms with Crippen molar-refractivity contribution in [2.45, 2.75) is 0 Å². The molecule has 0 spiro atoms. The molecule has 0 aliphatic carbocycles. The van der Waals surface area contributed by atoms with Crippen LogP contribution in [0.25, 0.3) is 22.4 Å². The van der Waals surface area contributed by atoms with Crippen LogP contribution in [0, 0.1) is 0 Å². The number of hydrogen-bond donors (Lipinski definition) is 1. The molecule has 0 fully saturated rings. The number of para-hydroxylation sites is 2. The van der Waals surface area contributed by atoms with Crippen molar-refractivity contribution >= 4 is 22.8 Å². The van der Waals surface area contributed by atoms with Gasteiger partial charge in [0.05, 0.1) is 16.6 Å². The van der Waals surface area contributed by atoms with E-state index in [1.54, 1.807) is 30.3 Å². The number of imidazole rings is 1. The van der Waals surface area contributed by atoms with Gasteiger partial charge in [-0.05, 0) is 30.3 Å². The number of rotatable bonds is 5. The number of nitrogens with zero attached hydrogens (tertiary/aromatic N) is 2. The van der Waals surface area contributed by atoms with Gasteiger partial charge in [0.15, 0.2) is 12.4 Å². The van der Waals surface area contributed by atoms with Crippen LogP contribution in [0.2, 0.25) is 0 Å². The second-order valence-corrected chi connectivity index (χ2v) is 5.88. The summed E-state index contributed by atoms with van der Waals surface area (Å²) in [5.74, 6) is -0.287. The number of H-pyrrole nitrogens is 1. The average Bonchev–Trinajstić information content (AvgIpc) is 3.16. The zero-order chi connectivity index (χ0) is 18.6. The largest absolute Gasteiger partial charge is 0.454 e. The zero-order valence-electron chi connectivity index (χ0n) is 14.3. The molecule has 2 heterocycles. The molecule has 6 heteroatoms. The monoisotopic (exact) mass is 357 g/mol. The van der Waals surface area contributed by atoms with Crippen molar-refractivity contribution in [2.75, 3.05) is 6.61 Å². The van der Waals surface area contributed by atoms with Crippen LogP contribution in [-0.4, -0.2) is 33.3 Å². The maximum absolute atomic E-state index is 12.6. The molecule has 0 atom stereocenters. The van der Waals surface area contributed by atoms with Crippen molar-refractivity contribution in [3.8, 4) is 11.4 Å². The molecule has 2 aromatic carbocycles. The Kier molecular flexibility index (Phi) is 4.45. The molecular weight excluding hydrogens is 342 g/mol. The van der Waals surface area contributed by atoms with Crippen LogP contribution in [0.1, 0.15) is 20.7 Å². The van der Waals surface area contributed by atoms with E-state index in [-0.39, 0.29) is 12.4 Å². The highest BCUT2D eigenvalue weighted by Gasteiger charge is 2.18. The van der Waals surface area contributed by atoms with Crippen LogP contribution in [-0.2, 0) is 4.74 Å². The van der Waals surface area contributed by atoms with Crippen LogP contribution in [0.5, 0.6) is 0 Å². The lowest BCUT2D eigenvalue weighted by atomic mass is 10.1. The van der Waals surface area contributed by atoms with E-state index in [4.69, 9.17) is 4.74 Å². The lowest BCUT2D eigenvalue weighted by molar-refractivity contribution is 0.0475. The molecule has 0 bridgehead atoms. The van der Waals surface area contributed by atoms with E-state index in [0.717, 1.165) is 11.0 Å². The molecule has 0 saturated carbocycles. The summed E-state index contributed by atoms with van der Waals surface area (Å²) in [6.07, 6.45) is 3.04. The highest BCUT2D eigenvalue weighted by Crippen LogP contribution is 2.24. The quantitative estimate of drug-likeness (QED) is 0.435. The van der Waals surface area contributed by atoms with Crippen molar-refractivity contribution in [1.82, 2.24) is 15.0 Å². The Labute approximate surface area is 154 Å². The predicted molar refractivity (Wildman–Crippen MR) is 100 cm³/mol. The van der Waals surface area contributed by atoms with Crippen molar-refractivity contribution in [1.29, 1.82) is 0 Å². The van der Waals surface area contributed by atoms with Gasteiger partial charge in [-0.2, -0.15) is 0 Å². The highest BCUT2D eigenvalue weighted by atomic mass is 16.5. The average molecular weight is 357 g/mol. The standard InChI is InChI=1S/C21H15N3O3/c25-19(14-9-11-22-12-10-14)13-27-21(26)16-6-2-1-5-15(16)20-23-17-7-3-4-8-18(17)24-20/h1-12H,13H2,(H,23,24). The summed E-state index contributed by atoms with van der Waals surface area (Å²) in [7, 11) is 0. The summed E-state index contributed by atoms with van der Waals surface area (Å²) in [6.45, 7) is -0.336. The van der Waals surface area contributed by atoms with Crippen LogP contribution >= 0.6 is 0 Å². The first-order valence-corrected chi connectivity index (χ1v) is 8.37. The molecular formula is C21H15N3O3. The zero-order valence-corrected chi connectivity index (χ0v) is 14.3. The van der Waals surface area contributed by atoms with Gasteiger partial charge >= 0.3 is 5.97 Å². The Hall–Kier alpha value is -3.80. The number of aromatic amines is 1. The normalized spacial score (nSPS) is 10.7. The van der Waals surface area contributed by atoms with Gasteiger partial charge in [0.25, 0.3) is 0 Å². The molecule has 6 nitrogen and oxygen atoms in total. The van der Waals surface area contributed by atoms with Gasteiger partial charge in [0.1, 0.15) is 5.82 Å². The molecule has 0 amide bonds. The number of pyridine rings is 1. The first kappa shape index (κ1) is 16.7. The minimum absolute atomic E-state index is 0.285. The number of nitrogens with one attached hydrogen (secondary N) is 1. The number of hydrogen-bond acceptors (Lipinski definition) is 5. The molecule has 2 aromatic heterocycles. The van der Waals surface area contributed by atoms with Gasteiger partial charge in [-0.3, -0.25) is 9.78 Å². The Bertz CT molecular complexity index is 1090. The van der Waals surface area contributed by atoms with Crippen molar-refractivity contribution in [3.05, 3.63) is 84.2 Å². The number of carbonyl (C=O) groups is 2. The fourth-order valence-electron chi connectivity index (χ4n) is 2.78. The van der Waals surface area contributed by atoms with Crippen LogP contribution < -0.4 is 0 Å². The maximum Gasteiger partial charge on any atom is 0.339 e. The summed E-state index contributed by atoms with van der Waals surface area (Å²) >= 11 is 0. The molecule has 4 aromatic rings. The number of carbonyl (C=O) groups excluding carboxylic acids is 2. The Morgan fingerprint density at radius 1 is 0.926 bits per heavy atom. The lowest BCUT2D eigenvalue weighted by Crippen LogP contribution is -2.15. The molecule has 27 heavy (non-hydrogen) atoms. The van der Waals surface area contributed by atoms with Crippen molar-refractivity contribution < 1.29 is 14.3 Å². The molecule has 0 aliphatic rings. The maximum atomic E-state index is 12.6. The lowest BCUT2D eigenvalue weighted by Gasteiger charge is -2.08. The number of esters is 1. The van der Waals surface area contributed by atoms with Gasteiger partial charge in [0, 0.05) is 23.5 Å². The smallest absolute Gasteiger partial charge is 0.339 e. The number of ketones is 1. The molecule has 4 rings (SSSR count).